The van der Waals surface area contributed by atoms with Crippen LogP contribution in [0.1, 0.15) is 62.5 Å². The van der Waals surface area contributed by atoms with Crippen LogP contribution >= 0.6 is 24.0 Å². The third kappa shape index (κ3) is 9.96. The number of guanidine groups is 1. The van der Waals surface area contributed by atoms with E-state index in [0.29, 0.717) is 17.5 Å². The van der Waals surface area contributed by atoms with Gasteiger partial charge in [0, 0.05) is 33.0 Å². The molecule has 1 saturated carbocycles. The van der Waals surface area contributed by atoms with E-state index in [1.807, 2.05) is 19.1 Å². The lowest BCUT2D eigenvalue weighted by atomic mass is 9.98. The minimum absolute atomic E-state index is 0. The highest BCUT2D eigenvalue weighted by molar-refractivity contribution is 14.0. The van der Waals surface area contributed by atoms with Crippen LogP contribution in [0.25, 0.3) is 0 Å². The number of nitrogens with one attached hydrogen (secondary N) is 2. The second-order valence-electron chi connectivity index (χ2n) is 7.92. The number of rotatable bonds is 10. The van der Waals surface area contributed by atoms with E-state index in [1.54, 1.807) is 13.1 Å². The highest BCUT2D eigenvalue weighted by Crippen LogP contribution is 2.20. The third-order valence-electron chi connectivity index (χ3n) is 5.34. The summed E-state index contributed by atoms with van der Waals surface area (Å²) in [6, 6.07) is 5.42. The molecule has 2 rings (SSSR count). The summed E-state index contributed by atoms with van der Waals surface area (Å²) in [6.07, 6.45) is 11.5. The number of sulfone groups is 1. The second-order valence-corrected chi connectivity index (χ2v) is 9.90. The van der Waals surface area contributed by atoms with Gasteiger partial charge >= 0.3 is 0 Å². The van der Waals surface area contributed by atoms with E-state index in [-0.39, 0.29) is 24.0 Å². The van der Waals surface area contributed by atoms with Crippen molar-refractivity contribution in [2.45, 2.75) is 75.8 Å². The Balaban J connectivity index is 0.00000450. The first-order valence-electron chi connectivity index (χ1n) is 10.8. The van der Waals surface area contributed by atoms with Gasteiger partial charge < -0.3 is 15.4 Å². The minimum atomic E-state index is -3.18. The van der Waals surface area contributed by atoms with Gasteiger partial charge in [-0.1, -0.05) is 31.4 Å². The predicted molar refractivity (Wildman–Crippen MR) is 135 cm³/mol. The maximum absolute atomic E-state index is 11.7. The van der Waals surface area contributed by atoms with Crippen LogP contribution < -0.4 is 10.6 Å². The summed E-state index contributed by atoms with van der Waals surface area (Å²) in [4.78, 5) is 4.64. The number of ether oxygens (including phenoxy) is 1. The summed E-state index contributed by atoms with van der Waals surface area (Å²) >= 11 is 0. The Bertz CT molecular complexity index is 763. The van der Waals surface area contributed by atoms with Crippen molar-refractivity contribution in [3.8, 4) is 0 Å². The van der Waals surface area contributed by atoms with Crippen molar-refractivity contribution in [3.05, 3.63) is 29.3 Å². The van der Waals surface area contributed by atoms with Gasteiger partial charge in [-0.25, -0.2) is 8.42 Å². The van der Waals surface area contributed by atoms with E-state index in [0.717, 1.165) is 49.5 Å². The van der Waals surface area contributed by atoms with Crippen LogP contribution in [0.15, 0.2) is 28.1 Å². The number of hydrogen-bond donors (Lipinski definition) is 2. The van der Waals surface area contributed by atoms with Gasteiger partial charge in [-0.3, -0.25) is 4.99 Å². The Morgan fingerprint density at radius 2 is 1.87 bits per heavy atom. The number of unbranched alkanes of at least 4 members (excludes halogenated alkanes) is 2. The van der Waals surface area contributed by atoms with E-state index in [4.69, 9.17) is 4.74 Å². The molecule has 172 valence electrons. The number of aliphatic imine (C=N–C) groups is 1. The molecule has 0 unspecified atom stereocenters. The summed E-state index contributed by atoms with van der Waals surface area (Å²) in [5, 5.41) is 6.61. The summed E-state index contributed by atoms with van der Waals surface area (Å²) in [7, 11) is -1.42. The summed E-state index contributed by atoms with van der Waals surface area (Å²) in [6.45, 7) is 4.17. The van der Waals surface area contributed by atoms with E-state index in [2.05, 4.69) is 15.6 Å². The van der Waals surface area contributed by atoms with E-state index >= 15 is 0 Å². The smallest absolute Gasteiger partial charge is 0.191 e. The first-order valence-corrected chi connectivity index (χ1v) is 12.6. The van der Waals surface area contributed by atoms with E-state index in [9.17, 15) is 8.42 Å². The standard InChI is InChI=1S/C22H37N3O3S.HI/c1-18-16-19(12-13-21(18)29(3,26)27)17-25-22(23-2)24-14-8-5-9-15-28-20-10-6-4-7-11-20;/h12-13,16,20H,4-11,14-15,17H2,1-3H3,(H2,23,24,25);1H. The monoisotopic (exact) mass is 551 g/mol. The van der Waals surface area contributed by atoms with Crippen molar-refractivity contribution in [2.24, 2.45) is 4.99 Å². The fourth-order valence-corrected chi connectivity index (χ4v) is 4.70. The number of hydrogen-bond acceptors (Lipinski definition) is 4. The molecule has 6 nitrogen and oxygen atoms in total. The summed E-state index contributed by atoms with van der Waals surface area (Å²) in [5.74, 6) is 0.758. The van der Waals surface area contributed by atoms with Crippen molar-refractivity contribution < 1.29 is 13.2 Å². The molecule has 0 atom stereocenters. The van der Waals surface area contributed by atoms with Crippen LogP contribution in [0.2, 0.25) is 0 Å². The molecule has 0 aromatic heterocycles. The number of nitrogens with zero attached hydrogens (tertiary/aromatic N) is 1. The maximum atomic E-state index is 11.7. The molecule has 8 heteroatoms. The van der Waals surface area contributed by atoms with Crippen LogP contribution in [0.4, 0.5) is 0 Å². The fraction of sp³-hybridized carbons (Fsp3) is 0.682. The highest BCUT2D eigenvalue weighted by atomic mass is 127. The Labute approximate surface area is 199 Å². The van der Waals surface area contributed by atoms with Crippen molar-refractivity contribution in [1.29, 1.82) is 0 Å². The van der Waals surface area contributed by atoms with Crippen LogP contribution in [0.3, 0.4) is 0 Å². The normalized spacial score (nSPS) is 15.5. The zero-order valence-electron chi connectivity index (χ0n) is 18.6. The first-order chi connectivity index (χ1) is 13.9. The summed E-state index contributed by atoms with van der Waals surface area (Å²) < 4.78 is 29.4. The maximum Gasteiger partial charge on any atom is 0.191 e. The Hall–Kier alpha value is -0.870. The topological polar surface area (TPSA) is 79.8 Å². The van der Waals surface area contributed by atoms with Crippen LogP contribution in [0.5, 0.6) is 0 Å². The van der Waals surface area contributed by atoms with Crippen molar-refractivity contribution in [3.63, 3.8) is 0 Å². The average molecular weight is 552 g/mol. The number of benzene rings is 1. The molecule has 1 fully saturated rings. The van der Waals surface area contributed by atoms with Gasteiger partial charge in [0.05, 0.1) is 11.0 Å². The molecule has 0 saturated heterocycles. The molecule has 1 aliphatic carbocycles. The van der Waals surface area contributed by atoms with Gasteiger partial charge in [-0.15, -0.1) is 24.0 Å². The zero-order valence-corrected chi connectivity index (χ0v) is 21.7. The molecule has 30 heavy (non-hydrogen) atoms. The lowest BCUT2D eigenvalue weighted by molar-refractivity contribution is 0.0264. The van der Waals surface area contributed by atoms with Crippen molar-refractivity contribution in [2.75, 3.05) is 26.5 Å². The molecule has 1 aromatic carbocycles. The van der Waals surface area contributed by atoms with E-state index < -0.39 is 9.84 Å². The third-order valence-corrected chi connectivity index (χ3v) is 6.60. The molecule has 0 aliphatic heterocycles. The minimum Gasteiger partial charge on any atom is -0.378 e. The molecular weight excluding hydrogens is 513 g/mol. The zero-order chi connectivity index (χ0) is 21.1. The average Bonchev–Trinajstić information content (AvgIpc) is 2.69. The van der Waals surface area contributed by atoms with Crippen LogP contribution in [0, 0.1) is 6.92 Å². The summed E-state index contributed by atoms with van der Waals surface area (Å²) in [5.41, 5.74) is 1.79. The van der Waals surface area contributed by atoms with Crippen molar-refractivity contribution >= 4 is 39.8 Å². The van der Waals surface area contributed by atoms with Crippen LogP contribution in [-0.4, -0.2) is 46.9 Å². The quantitative estimate of drug-likeness (QED) is 0.197. The van der Waals surface area contributed by atoms with E-state index in [1.165, 1.54) is 38.4 Å². The molecule has 1 aliphatic rings. The SMILES string of the molecule is CN=C(NCCCCCOC1CCCCC1)NCc1ccc(S(C)(=O)=O)c(C)c1.I. The molecule has 2 N–H and O–H groups in total. The molecule has 0 heterocycles. The molecule has 0 radical (unpaired) electrons. The second kappa shape index (κ2) is 14.2. The first kappa shape index (κ1) is 27.2. The van der Waals surface area contributed by atoms with Gasteiger partial charge in [-0.05, 0) is 56.2 Å². The highest BCUT2D eigenvalue weighted by Gasteiger charge is 2.13. The number of aryl methyl sites for hydroxylation is 1. The molecular formula is C22H38IN3O3S. The van der Waals surface area contributed by atoms with Gasteiger partial charge in [-0.2, -0.15) is 0 Å². The lowest BCUT2D eigenvalue weighted by Gasteiger charge is -2.21. The largest absolute Gasteiger partial charge is 0.378 e. The molecule has 1 aromatic rings. The van der Waals surface area contributed by atoms with Gasteiger partial charge in [0.2, 0.25) is 0 Å². The van der Waals surface area contributed by atoms with Crippen LogP contribution in [-0.2, 0) is 21.1 Å². The molecule has 0 spiro atoms. The lowest BCUT2D eigenvalue weighted by Crippen LogP contribution is -2.37. The Kier molecular flexibility index (Phi) is 12.9. The van der Waals surface area contributed by atoms with Crippen molar-refractivity contribution in [1.82, 2.24) is 10.6 Å². The Morgan fingerprint density at radius 1 is 1.13 bits per heavy atom. The number of halogens is 1. The predicted octanol–water partition coefficient (Wildman–Crippen LogP) is 4.20. The fourth-order valence-electron chi connectivity index (χ4n) is 3.74. The van der Waals surface area contributed by atoms with Gasteiger partial charge in [0.25, 0.3) is 0 Å². The molecule has 0 amide bonds. The molecule has 0 bridgehead atoms. The van der Waals surface area contributed by atoms with Gasteiger partial charge in [0.1, 0.15) is 0 Å². The van der Waals surface area contributed by atoms with Gasteiger partial charge in [0.15, 0.2) is 15.8 Å². The Morgan fingerprint density at radius 3 is 2.50 bits per heavy atom.